The van der Waals surface area contributed by atoms with E-state index in [0.717, 1.165) is 51.4 Å². The number of nitrogens with zero attached hydrogens (tertiary/aromatic N) is 2. The molecule has 56 heavy (non-hydrogen) atoms. The van der Waals surface area contributed by atoms with E-state index in [1.165, 1.54) is 154 Å². The molecule has 0 spiro atoms. The molecular weight excluding hydrogens is 699 g/mol. The molecule has 1 atom stereocenters. The second kappa shape index (κ2) is 39.6. The smallest absolute Gasteiger partial charge is 0.320 e. The molecule has 0 fully saturated rings. The van der Waals surface area contributed by atoms with Gasteiger partial charge in [0, 0.05) is 6.54 Å². The van der Waals surface area contributed by atoms with Gasteiger partial charge in [0.15, 0.2) is 0 Å². The van der Waals surface area contributed by atoms with E-state index in [1.807, 2.05) is 0 Å². The Hall–Kier alpha value is -2.20. The minimum absolute atomic E-state index is 0.0203. The van der Waals surface area contributed by atoms with Crippen molar-refractivity contribution in [1.82, 2.24) is 10.7 Å². The maximum atomic E-state index is 13.7. The Morgan fingerprint density at radius 2 is 0.839 bits per heavy atom. The highest BCUT2D eigenvalue weighted by Crippen LogP contribution is 2.19. The lowest BCUT2D eigenvalue weighted by molar-refractivity contribution is -0.757. The van der Waals surface area contributed by atoms with Gasteiger partial charge in [-0.05, 0) is 32.1 Å². The largest absolute Gasteiger partial charge is 0.369 e. The maximum Gasteiger partial charge on any atom is 0.320 e. The van der Waals surface area contributed by atoms with Crippen molar-refractivity contribution < 1.29 is 18.9 Å². The van der Waals surface area contributed by atoms with E-state index >= 15 is 0 Å². The van der Waals surface area contributed by atoms with Crippen LogP contribution in [-0.4, -0.2) is 60.9 Å². The highest BCUT2D eigenvalue weighted by molar-refractivity contribution is 5.84. The number of hydrazone groups is 1. The Bertz CT molecular complexity index is 911. The summed E-state index contributed by atoms with van der Waals surface area (Å²) < 4.78 is -0.247. The Kier molecular flexibility index (Phi) is 38.1. The average Bonchev–Trinajstić information content (AvgIpc) is 3.18. The molecule has 0 aliphatic rings. The zero-order valence-corrected chi connectivity index (χ0v) is 37.3. The summed E-state index contributed by atoms with van der Waals surface area (Å²) in [6.07, 6.45) is 41.1. The van der Waals surface area contributed by atoms with E-state index in [1.54, 1.807) is 7.05 Å². The van der Waals surface area contributed by atoms with Gasteiger partial charge in [0.25, 0.3) is 0 Å². The summed E-state index contributed by atoms with van der Waals surface area (Å²) in [7, 11) is 1.76. The molecule has 0 aliphatic heterocycles. The molecule has 0 saturated carbocycles. The minimum atomic E-state index is -0.649. The minimum Gasteiger partial charge on any atom is -0.369 e. The van der Waals surface area contributed by atoms with Gasteiger partial charge in [0.1, 0.15) is 6.54 Å². The van der Waals surface area contributed by atoms with Crippen molar-refractivity contribution in [3.63, 3.8) is 0 Å². The van der Waals surface area contributed by atoms with Crippen LogP contribution in [0.15, 0.2) is 5.10 Å². The molecule has 0 unspecified atom stereocenters. The zero-order valence-electron chi connectivity index (χ0n) is 37.3. The van der Waals surface area contributed by atoms with Crippen LogP contribution in [0.4, 0.5) is 0 Å². The van der Waals surface area contributed by atoms with Gasteiger partial charge >= 0.3 is 11.8 Å². The first-order chi connectivity index (χ1) is 27.2. The first-order valence-electron chi connectivity index (χ1n) is 24.0. The summed E-state index contributed by atoms with van der Waals surface area (Å²) in [5.41, 5.74) is 19.5. The summed E-state index contributed by atoms with van der Waals surface area (Å²) in [5.74, 6) is -0.332. The molecule has 0 aromatic heterocycles. The number of carbonyl (C=O) groups excluding carboxylic acids is 3. The van der Waals surface area contributed by atoms with Crippen LogP contribution < -0.4 is 27.9 Å². The monoisotopic (exact) mass is 793 g/mol. The Morgan fingerprint density at radius 3 is 1.18 bits per heavy atom. The fourth-order valence-electron chi connectivity index (χ4n) is 7.56. The van der Waals surface area contributed by atoms with Crippen molar-refractivity contribution in [1.29, 1.82) is 0 Å². The number of carbonyl (C=O) groups is 3. The molecule has 0 aromatic carbocycles. The number of rotatable bonds is 42. The van der Waals surface area contributed by atoms with Crippen LogP contribution in [0.3, 0.4) is 0 Å². The normalized spacial score (nSPS) is 12.1. The van der Waals surface area contributed by atoms with Crippen LogP contribution in [0.5, 0.6) is 0 Å². The lowest BCUT2D eigenvalue weighted by atomic mass is 10.0. The van der Waals surface area contributed by atoms with Gasteiger partial charge in [0.2, 0.25) is 11.9 Å². The van der Waals surface area contributed by atoms with Gasteiger partial charge in [-0.15, -0.1) is 5.10 Å². The molecule has 10 heteroatoms. The van der Waals surface area contributed by atoms with E-state index in [-0.39, 0.29) is 41.3 Å². The standard InChI is InChI=1S/C46H93N7O3/c1-4-6-8-10-12-14-16-18-20-22-24-26-28-30-32-37-43(54)53(3,41-40-50-45(56)42(47)36-34-35-39-51-52-46(48)49)44(55)38-33-31-29-27-25-23-21-19-17-15-13-11-9-7-5-2/h42,51H,4-41,47H2,1-3H3,(H4-,48,49,50,52,56)/p+1/t42-/m0/s1. The van der Waals surface area contributed by atoms with Gasteiger partial charge < -0.3 is 27.9 Å². The molecular formula is C46H94N7O3+. The van der Waals surface area contributed by atoms with Crippen LogP contribution in [0, 0.1) is 0 Å². The SMILES string of the molecule is CCCCCCCCCCCCCCCCCC(=O)[N+](C)(CCNC(=O)[C@@H](N)CCCCNN=C(N)N)C(=O)CCCCCCCCCCCCCCCCC. The van der Waals surface area contributed by atoms with Crippen LogP contribution in [0.2, 0.25) is 0 Å². The molecule has 0 rings (SSSR count). The summed E-state index contributed by atoms with van der Waals surface area (Å²) in [6, 6.07) is -0.649. The van der Waals surface area contributed by atoms with Crippen LogP contribution in [0.25, 0.3) is 0 Å². The molecule has 0 saturated heterocycles. The lowest BCUT2D eigenvalue weighted by Crippen LogP contribution is -2.57. The number of nitrogens with one attached hydrogen (secondary N) is 2. The molecule has 0 aliphatic carbocycles. The third kappa shape index (κ3) is 32.8. The Morgan fingerprint density at radius 1 is 0.500 bits per heavy atom. The number of hydrogen-bond donors (Lipinski definition) is 5. The third-order valence-corrected chi connectivity index (χ3v) is 11.5. The van der Waals surface area contributed by atoms with Gasteiger partial charge in [-0.25, -0.2) is 9.59 Å². The number of hydrogen-bond acceptors (Lipinski definition) is 6. The van der Waals surface area contributed by atoms with E-state index in [2.05, 4.69) is 29.7 Å². The summed E-state index contributed by atoms with van der Waals surface area (Å²) in [6.45, 7) is 5.63. The van der Waals surface area contributed by atoms with Crippen molar-refractivity contribution in [3.05, 3.63) is 0 Å². The van der Waals surface area contributed by atoms with Gasteiger partial charge in [-0.3, -0.25) is 4.79 Å². The van der Waals surface area contributed by atoms with Crippen molar-refractivity contribution in [2.24, 2.45) is 22.3 Å². The highest BCUT2D eigenvalue weighted by Gasteiger charge is 2.38. The first kappa shape index (κ1) is 53.8. The molecule has 0 bridgehead atoms. The Labute approximate surface area is 346 Å². The summed E-state index contributed by atoms with van der Waals surface area (Å²) >= 11 is 0. The van der Waals surface area contributed by atoms with Crippen LogP contribution in [0.1, 0.15) is 239 Å². The number of unbranched alkanes of at least 4 members (excludes halogenated alkanes) is 29. The fraction of sp³-hybridized carbons (Fsp3) is 0.913. The van der Waals surface area contributed by atoms with Crippen molar-refractivity contribution >= 4 is 23.7 Å². The third-order valence-electron chi connectivity index (χ3n) is 11.5. The molecule has 0 radical (unpaired) electrons. The van der Waals surface area contributed by atoms with Crippen LogP contribution >= 0.6 is 0 Å². The fourth-order valence-corrected chi connectivity index (χ4v) is 7.56. The number of quaternary nitrogens is 1. The van der Waals surface area contributed by atoms with Crippen molar-refractivity contribution in [3.8, 4) is 0 Å². The second-order valence-electron chi connectivity index (χ2n) is 16.9. The number of amides is 3. The predicted octanol–water partition coefficient (Wildman–Crippen LogP) is 10.4. The van der Waals surface area contributed by atoms with Gasteiger partial charge in [-0.1, -0.05) is 194 Å². The average molecular weight is 793 g/mol. The maximum absolute atomic E-state index is 13.7. The van der Waals surface area contributed by atoms with E-state index < -0.39 is 6.04 Å². The lowest BCUT2D eigenvalue weighted by Gasteiger charge is -2.29. The topological polar surface area (TPSA) is 166 Å². The van der Waals surface area contributed by atoms with E-state index in [9.17, 15) is 14.4 Å². The molecule has 0 aromatic rings. The molecule has 8 N–H and O–H groups in total. The molecule has 10 nitrogen and oxygen atoms in total. The van der Waals surface area contributed by atoms with Crippen molar-refractivity contribution in [2.75, 3.05) is 26.7 Å². The molecule has 0 heterocycles. The zero-order chi connectivity index (χ0) is 41.4. The second-order valence-corrected chi connectivity index (χ2v) is 16.9. The number of guanidine groups is 1. The quantitative estimate of drug-likeness (QED) is 0.0135. The molecule has 330 valence electrons. The van der Waals surface area contributed by atoms with E-state index in [0.29, 0.717) is 25.8 Å². The number of likely N-dealkylation sites (N-methyl/N-ethyl adjacent to an activating group) is 1. The predicted molar refractivity (Wildman–Crippen MR) is 239 cm³/mol. The number of imide groups is 1. The van der Waals surface area contributed by atoms with Gasteiger partial charge in [0.05, 0.1) is 32.5 Å². The highest BCUT2D eigenvalue weighted by atomic mass is 16.2. The van der Waals surface area contributed by atoms with Gasteiger partial charge in [-0.2, -0.15) is 4.48 Å². The molecule has 3 amide bonds. The first-order valence-corrected chi connectivity index (χ1v) is 24.0. The summed E-state index contributed by atoms with van der Waals surface area (Å²) in [4.78, 5) is 40.1. The van der Waals surface area contributed by atoms with Crippen molar-refractivity contribution in [2.45, 2.75) is 245 Å². The number of nitrogens with two attached hydrogens (primary N) is 3. The van der Waals surface area contributed by atoms with E-state index in [4.69, 9.17) is 17.2 Å². The summed E-state index contributed by atoms with van der Waals surface area (Å²) in [5, 5.41) is 6.64. The van der Waals surface area contributed by atoms with Crippen LogP contribution in [-0.2, 0) is 14.4 Å². The Balaban J connectivity index is 4.57.